The van der Waals surface area contributed by atoms with Crippen molar-refractivity contribution in [3.05, 3.63) is 55.6 Å². The lowest BCUT2D eigenvalue weighted by Gasteiger charge is -2.17. The molecule has 0 saturated heterocycles. The van der Waals surface area contributed by atoms with Gasteiger partial charge in [0.15, 0.2) is 0 Å². The summed E-state index contributed by atoms with van der Waals surface area (Å²) in [4.78, 5) is 0. The number of alkyl halides is 1. The van der Waals surface area contributed by atoms with Crippen molar-refractivity contribution < 1.29 is 9.47 Å². The molecule has 0 bridgehead atoms. The highest BCUT2D eigenvalue weighted by molar-refractivity contribution is 14.1. The van der Waals surface area contributed by atoms with Gasteiger partial charge in [-0.05, 0) is 64.6 Å². The smallest absolute Gasteiger partial charge is 0.124 e. The first-order chi connectivity index (χ1) is 9.56. The van der Waals surface area contributed by atoms with Crippen LogP contribution in [0.1, 0.15) is 16.5 Å². The van der Waals surface area contributed by atoms with E-state index in [-0.39, 0.29) is 5.38 Å². The van der Waals surface area contributed by atoms with Crippen LogP contribution in [0, 0.1) is 3.57 Å². The summed E-state index contributed by atoms with van der Waals surface area (Å²) < 4.78 is 12.8. The summed E-state index contributed by atoms with van der Waals surface area (Å²) in [5, 5.41) is -0.301. The van der Waals surface area contributed by atoms with Crippen LogP contribution in [0.3, 0.4) is 0 Å². The van der Waals surface area contributed by atoms with Crippen molar-refractivity contribution in [2.75, 3.05) is 14.2 Å². The van der Waals surface area contributed by atoms with E-state index in [0.29, 0.717) is 0 Å². The summed E-state index contributed by atoms with van der Waals surface area (Å²) >= 11 is 12.4. The Hall–Kier alpha value is -0.460. The SMILES string of the molecule is COc1ccc(OC)c(C(Cl)c2cc(Br)ccc2I)c1. The second-order valence-electron chi connectivity index (χ2n) is 4.14. The molecule has 0 amide bonds. The summed E-state index contributed by atoms with van der Waals surface area (Å²) in [5.74, 6) is 1.51. The van der Waals surface area contributed by atoms with Gasteiger partial charge >= 0.3 is 0 Å². The molecule has 1 unspecified atom stereocenters. The summed E-state index contributed by atoms with van der Waals surface area (Å²) in [6.07, 6.45) is 0. The van der Waals surface area contributed by atoms with E-state index in [1.807, 2.05) is 36.4 Å². The molecule has 0 aromatic heterocycles. The lowest BCUT2D eigenvalue weighted by atomic mass is 10.0. The van der Waals surface area contributed by atoms with Gasteiger partial charge in [-0.25, -0.2) is 0 Å². The van der Waals surface area contributed by atoms with Gasteiger partial charge in [0, 0.05) is 13.6 Å². The molecule has 0 N–H and O–H groups in total. The molecule has 0 saturated carbocycles. The first kappa shape index (κ1) is 15.9. The molecule has 20 heavy (non-hydrogen) atoms. The van der Waals surface area contributed by atoms with E-state index >= 15 is 0 Å². The minimum absolute atomic E-state index is 0.301. The third kappa shape index (κ3) is 3.40. The maximum absolute atomic E-state index is 6.66. The topological polar surface area (TPSA) is 18.5 Å². The van der Waals surface area contributed by atoms with Crippen LogP contribution in [0.2, 0.25) is 0 Å². The number of halogens is 3. The molecule has 2 rings (SSSR count). The third-order valence-electron chi connectivity index (χ3n) is 2.94. The highest BCUT2D eigenvalue weighted by Gasteiger charge is 2.19. The number of methoxy groups -OCH3 is 2. The summed E-state index contributed by atoms with van der Waals surface area (Å²) in [6.45, 7) is 0. The standard InChI is InChI=1S/C15H13BrClIO2/c1-19-10-4-6-14(20-2)12(8-10)15(17)11-7-9(16)3-5-13(11)18/h3-8,15H,1-2H3. The Bertz CT molecular complexity index is 619. The molecule has 0 aliphatic carbocycles. The fraction of sp³-hybridized carbons (Fsp3) is 0.200. The Labute approximate surface area is 145 Å². The zero-order valence-electron chi connectivity index (χ0n) is 11.0. The van der Waals surface area contributed by atoms with Gasteiger partial charge in [0.05, 0.1) is 19.6 Å². The van der Waals surface area contributed by atoms with Crippen molar-refractivity contribution in [2.45, 2.75) is 5.38 Å². The quantitative estimate of drug-likeness (QED) is 0.443. The second kappa shape index (κ2) is 7.00. The first-order valence-electron chi connectivity index (χ1n) is 5.87. The molecule has 2 nitrogen and oxygen atoms in total. The largest absolute Gasteiger partial charge is 0.497 e. The van der Waals surface area contributed by atoms with Crippen LogP contribution >= 0.6 is 50.1 Å². The molecule has 2 aromatic rings. The highest BCUT2D eigenvalue weighted by Crippen LogP contribution is 2.39. The molecule has 0 radical (unpaired) electrons. The first-order valence-corrected chi connectivity index (χ1v) is 8.18. The normalized spacial score (nSPS) is 12.1. The Kier molecular flexibility index (Phi) is 5.57. The van der Waals surface area contributed by atoms with Crippen molar-refractivity contribution in [2.24, 2.45) is 0 Å². The molecular formula is C15H13BrClIO2. The van der Waals surface area contributed by atoms with E-state index in [1.165, 1.54) is 0 Å². The number of rotatable bonds is 4. The van der Waals surface area contributed by atoms with Crippen LogP contribution in [-0.2, 0) is 0 Å². The van der Waals surface area contributed by atoms with E-state index < -0.39 is 0 Å². The van der Waals surface area contributed by atoms with E-state index in [1.54, 1.807) is 14.2 Å². The minimum Gasteiger partial charge on any atom is -0.497 e. The van der Waals surface area contributed by atoms with Gasteiger partial charge in [-0.3, -0.25) is 0 Å². The molecule has 2 aromatic carbocycles. The van der Waals surface area contributed by atoms with E-state index in [0.717, 1.165) is 30.7 Å². The predicted molar refractivity (Wildman–Crippen MR) is 94.1 cm³/mol. The van der Waals surface area contributed by atoms with Gasteiger partial charge < -0.3 is 9.47 Å². The summed E-state index contributed by atoms with van der Waals surface area (Å²) in [6, 6.07) is 11.7. The van der Waals surface area contributed by atoms with Gasteiger partial charge in [-0.1, -0.05) is 15.9 Å². The van der Waals surface area contributed by atoms with Crippen molar-refractivity contribution >= 4 is 50.1 Å². The van der Waals surface area contributed by atoms with Crippen molar-refractivity contribution in [1.82, 2.24) is 0 Å². The lowest BCUT2D eigenvalue weighted by Crippen LogP contribution is -2.00. The Morgan fingerprint density at radius 3 is 2.45 bits per heavy atom. The van der Waals surface area contributed by atoms with E-state index in [9.17, 15) is 0 Å². The average Bonchev–Trinajstić information content (AvgIpc) is 2.48. The minimum atomic E-state index is -0.301. The molecule has 0 spiro atoms. The molecular weight excluding hydrogens is 454 g/mol. The fourth-order valence-corrected chi connectivity index (χ4v) is 3.47. The molecule has 0 heterocycles. The number of benzene rings is 2. The van der Waals surface area contributed by atoms with Crippen LogP contribution in [0.5, 0.6) is 11.5 Å². The van der Waals surface area contributed by atoms with Crippen LogP contribution < -0.4 is 9.47 Å². The van der Waals surface area contributed by atoms with Gasteiger partial charge in [-0.2, -0.15) is 0 Å². The lowest BCUT2D eigenvalue weighted by molar-refractivity contribution is 0.399. The van der Waals surface area contributed by atoms with E-state index in [4.69, 9.17) is 21.1 Å². The zero-order valence-corrected chi connectivity index (χ0v) is 15.5. The molecule has 106 valence electrons. The van der Waals surface area contributed by atoms with Crippen molar-refractivity contribution in [3.63, 3.8) is 0 Å². The number of hydrogen-bond acceptors (Lipinski definition) is 2. The molecule has 1 atom stereocenters. The zero-order chi connectivity index (χ0) is 14.7. The van der Waals surface area contributed by atoms with Crippen LogP contribution in [0.15, 0.2) is 40.9 Å². The number of hydrogen-bond donors (Lipinski definition) is 0. The third-order valence-corrected chi connectivity index (χ3v) is 4.89. The predicted octanol–water partition coefficient (Wildman–Crippen LogP) is 5.40. The molecule has 5 heteroatoms. The van der Waals surface area contributed by atoms with E-state index in [2.05, 4.69) is 38.5 Å². The maximum Gasteiger partial charge on any atom is 0.124 e. The van der Waals surface area contributed by atoms with Crippen molar-refractivity contribution in [3.8, 4) is 11.5 Å². The van der Waals surface area contributed by atoms with Gasteiger partial charge in [-0.15, -0.1) is 11.6 Å². The Balaban J connectivity index is 2.51. The average molecular weight is 468 g/mol. The van der Waals surface area contributed by atoms with Crippen LogP contribution in [-0.4, -0.2) is 14.2 Å². The number of ether oxygens (including phenoxy) is 2. The highest BCUT2D eigenvalue weighted by atomic mass is 127. The Morgan fingerprint density at radius 1 is 1.05 bits per heavy atom. The second-order valence-corrected chi connectivity index (χ2v) is 6.65. The van der Waals surface area contributed by atoms with Gasteiger partial charge in [0.2, 0.25) is 0 Å². The molecule has 0 fully saturated rings. The fourth-order valence-electron chi connectivity index (χ4n) is 1.91. The van der Waals surface area contributed by atoms with Crippen LogP contribution in [0.25, 0.3) is 0 Å². The Morgan fingerprint density at radius 2 is 1.80 bits per heavy atom. The molecule has 0 aliphatic heterocycles. The van der Waals surface area contributed by atoms with Gasteiger partial charge in [0.25, 0.3) is 0 Å². The summed E-state index contributed by atoms with van der Waals surface area (Å²) in [5.41, 5.74) is 1.93. The van der Waals surface area contributed by atoms with Gasteiger partial charge in [0.1, 0.15) is 11.5 Å². The summed E-state index contributed by atoms with van der Waals surface area (Å²) in [7, 11) is 3.28. The monoisotopic (exact) mass is 466 g/mol. The van der Waals surface area contributed by atoms with Crippen molar-refractivity contribution in [1.29, 1.82) is 0 Å². The maximum atomic E-state index is 6.66. The molecule has 0 aliphatic rings. The van der Waals surface area contributed by atoms with Crippen LogP contribution in [0.4, 0.5) is 0 Å².